The van der Waals surface area contributed by atoms with E-state index >= 15 is 0 Å². The van der Waals surface area contributed by atoms with E-state index in [0.717, 1.165) is 17.6 Å². The first-order chi connectivity index (χ1) is 9.38. The molecule has 0 aliphatic heterocycles. The number of carbonyl (C=O) groups excluding carboxylic acids is 1. The van der Waals surface area contributed by atoms with Gasteiger partial charge in [-0.2, -0.15) is 0 Å². The molecule has 2 atom stereocenters. The summed E-state index contributed by atoms with van der Waals surface area (Å²) in [7, 11) is -2.06. The Balaban J connectivity index is 2.73. The highest BCUT2D eigenvalue weighted by Gasteiger charge is 2.27. The van der Waals surface area contributed by atoms with Crippen LogP contribution in [0.1, 0.15) is 25.3 Å². The van der Waals surface area contributed by atoms with Crippen LogP contribution in [0, 0.1) is 5.92 Å². The van der Waals surface area contributed by atoms with Crippen molar-refractivity contribution < 1.29 is 17.9 Å². The summed E-state index contributed by atoms with van der Waals surface area (Å²) >= 11 is 0. The molecule has 0 saturated carbocycles. The monoisotopic (exact) mass is 299 g/mol. The fourth-order valence-corrected chi connectivity index (χ4v) is 3.38. The van der Waals surface area contributed by atoms with Crippen LogP contribution in [0.4, 0.5) is 0 Å². The number of aldehydes is 1. The minimum Gasteiger partial charge on any atom is -0.497 e. The quantitative estimate of drug-likeness (QED) is 0.737. The predicted octanol–water partition coefficient (Wildman–Crippen LogP) is 1.51. The maximum atomic E-state index is 11.6. The van der Waals surface area contributed by atoms with Crippen LogP contribution in [0.3, 0.4) is 0 Å². The fourth-order valence-electron chi connectivity index (χ4n) is 2.18. The van der Waals surface area contributed by atoms with Gasteiger partial charge in [0.05, 0.1) is 12.4 Å². The number of aryl methyl sites for hydroxylation is 1. The van der Waals surface area contributed by atoms with E-state index < -0.39 is 15.3 Å². The fraction of sp³-hybridized carbons (Fsp3) is 0.500. The van der Waals surface area contributed by atoms with Crippen LogP contribution in [0.25, 0.3) is 0 Å². The van der Waals surface area contributed by atoms with E-state index in [1.807, 2.05) is 24.3 Å². The Hall–Kier alpha value is -1.40. The molecule has 0 fully saturated rings. The van der Waals surface area contributed by atoms with Crippen molar-refractivity contribution in [1.82, 2.24) is 0 Å². The van der Waals surface area contributed by atoms with Crippen LogP contribution in [0.15, 0.2) is 24.3 Å². The van der Waals surface area contributed by atoms with Crippen LogP contribution in [0.2, 0.25) is 0 Å². The Labute approximate surface area is 120 Å². The number of nitrogens with two attached hydrogens (primary N) is 1. The van der Waals surface area contributed by atoms with Crippen molar-refractivity contribution in [3.05, 3.63) is 29.8 Å². The lowest BCUT2D eigenvalue weighted by Gasteiger charge is -2.20. The normalized spacial score (nSPS) is 14.6. The van der Waals surface area contributed by atoms with Crippen molar-refractivity contribution in [1.29, 1.82) is 0 Å². The van der Waals surface area contributed by atoms with Crippen molar-refractivity contribution in [3.8, 4) is 5.75 Å². The average molecular weight is 299 g/mol. The van der Waals surface area contributed by atoms with Gasteiger partial charge in [0.15, 0.2) is 0 Å². The number of primary sulfonamides is 1. The molecule has 0 heterocycles. The second-order valence-electron chi connectivity index (χ2n) is 4.89. The lowest BCUT2D eigenvalue weighted by atomic mass is 9.98. The third-order valence-corrected chi connectivity index (χ3v) is 4.95. The van der Waals surface area contributed by atoms with Gasteiger partial charge in [-0.1, -0.05) is 19.1 Å². The van der Waals surface area contributed by atoms with E-state index in [0.29, 0.717) is 12.8 Å². The maximum Gasteiger partial charge on any atom is 0.212 e. The van der Waals surface area contributed by atoms with E-state index in [4.69, 9.17) is 9.88 Å². The Bertz CT molecular complexity index is 525. The van der Waals surface area contributed by atoms with Gasteiger partial charge in [0.25, 0.3) is 0 Å². The molecule has 0 aliphatic rings. The molecule has 1 aromatic rings. The first-order valence-electron chi connectivity index (χ1n) is 6.46. The van der Waals surface area contributed by atoms with Gasteiger partial charge in [0, 0.05) is 6.42 Å². The van der Waals surface area contributed by atoms with Crippen molar-refractivity contribution in [2.75, 3.05) is 7.11 Å². The van der Waals surface area contributed by atoms with Crippen molar-refractivity contribution in [2.24, 2.45) is 11.1 Å². The molecule has 20 heavy (non-hydrogen) atoms. The average Bonchev–Trinajstić information content (AvgIpc) is 2.38. The highest BCUT2D eigenvalue weighted by atomic mass is 32.2. The smallest absolute Gasteiger partial charge is 0.212 e. The summed E-state index contributed by atoms with van der Waals surface area (Å²) in [6, 6.07) is 7.44. The number of ether oxygens (including phenoxy) is 1. The molecule has 1 rings (SSSR count). The molecule has 0 radical (unpaired) electrons. The molecule has 0 aliphatic carbocycles. The SMILES string of the molecule is COc1ccc(CCC(C(C)CC=O)S(N)(=O)=O)cc1. The van der Waals surface area contributed by atoms with E-state index in [1.54, 1.807) is 14.0 Å². The highest BCUT2D eigenvalue weighted by molar-refractivity contribution is 7.89. The van der Waals surface area contributed by atoms with Gasteiger partial charge >= 0.3 is 0 Å². The molecule has 6 heteroatoms. The van der Waals surface area contributed by atoms with E-state index in [9.17, 15) is 13.2 Å². The zero-order chi connectivity index (χ0) is 15.2. The second-order valence-corrected chi connectivity index (χ2v) is 6.68. The number of rotatable bonds is 8. The Morgan fingerprint density at radius 2 is 1.90 bits per heavy atom. The Morgan fingerprint density at radius 1 is 1.30 bits per heavy atom. The van der Waals surface area contributed by atoms with E-state index in [-0.39, 0.29) is 12.3 Å². The molecule has 0 bridgehead atoms. The summed E-state index contributed by atoms with van der Waals surface area (Å²) in [6.07, 6.45) is 1.92. The Kier molecular flexibility index (Phi) is 6.16. The summed E-state index contributed by atoms with van der Waals surface area (Å²) in [5.41, 5.74) is 1.01. The number of benzene rings is 1. The zero-order valence-electron chi connectivity index (χ0n) is 11.8. The maximum absolute atomic E-state index is 11.6. The molecule has 112 valence electrons. The van der Waals surface area contributed by atoms with Crippen molar-refractivity contribution in [2.45, 2.75) is 31.4 Å². The van der Waals surface area contributed by atoms with Gasteiger partial charge in [0.2, 0.25) is 10.0 Å². The van der Waals surface area contributed by atoms with Gasteiger partial charge in [-0.3, -0.25) is 0 Å². The third-order valence-electron chi connectivity index (χ3n) is 3.40. The van der Waals surface area contributed by atoms with Crippen molar-refractivity contribution in [3.63, 3.8) is 0 Å². The largest absolute Gasteiger partial charge is 0.497 e. The zero-order valence-corrected chi connectivity index (χ0v) is 12.6. The summed E-state index contributed by atoms with van der Waals surface area (Å²) in [4.78, 5) is 10.5. The molecule has 0 aromatic heterocycles. The van der Waals surface area contributed by atoms with E-state index in [1.165, 1.54) is 0 Å². The number of hydrogen-bond donors (Lipinski definition) is 1. The molecule has 0 saturated heterocycles. The van der Waals surface area contributed by atoms with Crippen LogP contribution in [-0.2, 0) is 21.2 Å². The minimum absolute atomic E-state index is 0.198. The van der Waals surface area contributed by atoms with Gasteiger partial charge < -0.3 is 9.53 Å². The topological polar surface area (TPSA) is 86.5 Å². The molecule has 2 unspecified atom stereocenters. The molecule has 0 amide bonds. The van der Waals surface area contributed by atoms with Crippen LogP contribution < -0.4 is 9.88 Å². The Morgan fingerprint density at radius 3 is 2.35 bits per heavy atom. The summed E-state index contributed by atoms with van der Waals surface area (Å²) < 4.78 is 28.3. The molecule has 1 aromatic carbocycles. The lowest BCUT2D eigenvalue weighted by Crippen LogP contribution is -2.34. The van der Waals surface area contributed by atoms with Gasteiger partial charge in [-0.25, -0.2) is 13.6 Å². The van der Waals surface area contributed by atoms with E-state index in [2.05, 4.69) is 0 Å². The number of sulfonamides is 1. The van der Waals surface area contributed by atoms with Gasteiger partial charge in [-0.05, 0) is 36.5 Å². The summed E-state index contributed by atoms with van der Waals surface area (Å²) in [5, 5.41) is 4.56. The summed E-state index contributed by atoms with van der Waals surface area (Å²) in [6.45, 7) is 1.73. The number of carbonyl (C=O) groups is 1. The number of methoxy groups -OCH3 is 1. The lowest BCUT2D eigenvalue weighted by molar-refractivity contribution is -0.108. The predicted molar refractivity (Wildman–Crippen MR) is 78.1 cm³/mol. The van der Waals surface area contributed by atoms with Crippen LogP contribution >= 0.6 is 0 Å². The van der Waals surface area contributed by atoms with Crippen molar-refractivity contribution >= 4 is 16.3 Å². The van der Waals surface area contributed by atoms with Crippen LogP contribution in [-0.4, -0.2) is 27.1 Å². The molecule has 0 spiro atoms. The van der Waals surface area contributed by atoms with Gasteiger partial charge in [0.1, 0.15) is 12.0 Å². The first kappa shape index (κ1) is 16.7. The molecule has 5 nitrogen and oxygen atoms in total. The standard InChI is InChI=1S/C14H21NO4S/c1-11(9-10-16)14(20(15,17)18)8-5-12-3-6-13(19-2)7-4-12/h3-4,6-7,10-11,14H,5,8-9H2,1-2H3,(H2,15,17,18). The summed E-state index contributed by atoms with van der Waals surface area (Å²) in [5.74, 6) is 0.479. The minimum atomic E-state index is -3.65. The molecular formula is C14H21NO4S. The highest BCUT2D eigenvalue weighted by Crippen LogP contribution is 2.20. The third kappa shape index (κ3) is 4.94. The first-order valence-corrected chi connectivity index (χ1v) is 8.07. The van der Waals surface area contributed by atoms with Gasteiger partial charge in [-0.15, -0.1) is 0 Å². The second kappa shape index (κ2) is 7.40. The molecular weight excluding hydrogens is 278 g/mol. The number of hydrogen-bond acceptors (Lipinski definition) is 4. The van der Waals surface area contributed by atoms with Crippen LogP contribution in [0.5, 0.6) is 5.75 Å². The molecule has 2 N–H and O–H groups in total.